The lowest BCUT2D eigenvalue weighted by Gasteiger charge is -2.10. The van der Waals surface area contributed by atoms with Gasteiger partial charge < -0.3 is 15.2 Å². The fraction of sp³-hybridized carbons (Fsp3) is 0.357. The lowest BCUT2D eigenvalue weighted by molar-refractivity contribution is 0.387. The van der Waals surface area contributed by atoms with Gasteiger partial charge in [-0.15, -0.1) is 24.0 Å². The molecule has 0 aliphatic rings. The number of rotatable bonds is 5. The van der Waals surface area contributed by atoms with E-state index in [0.29, 0.717) is 40.8 Å². The molecule has 1 aromatic heterocycles. The molecule has 0 saturated carbocycles. The Balaban J connectivity index is 0.00000264. The molecule has 0 saturated heterocycles. The maximum absolute atomic E-state index is 6.14. The van der Waals surface area contributed by atoms with Gasteiger partial charge in [-0.2, -0.15) is 4.98 Å². The zero-order valence-corrected chi connectivity index (χ0v) is 16.6. The molecule has 2 aromatic rings. The Hall–Kier alpha value is -1.06. The van der Waals surface area contributed by atoms with Crippen molar-refractivity contribution in [2.45, 2.75) is 26.9 Å². The van der Waals surface area contributed by atoms with Crippen LogP contribution in [0.25, 0.3) is 0 Å². The summed E-state index contributed by atoms with van der Waals surface area (Å²) in [6.45, 7) is 5.35. The average molecular weight is 470 g/mol. The van der Waals surface area contributed by atoms with Crippen LogP contribution in [0.4, 0.5) is 0 Å². The van der Waals surface area contributed by atoms with Gasteiger partial charge in [0.15, 0.2) is 11.8 Å². The van der Waals surface area contributed by atoms with Gasteiger partial charge in [-0.25, -0.2) is 4.99 Å². The van der Waals surface area contributed by atoms with E-state index in [1.54, 1.807) is 19.1 Å². The molecule has 0 fully saturated rings. The molecule has 0 amide bonds. The predicted molar refractivity (Wildman–Crippen MR) is 103 cm³/mol. The number of halogens is 3. The summed E-state index contributed by atoms with van der Waals surface area (Å²) in [7, 11) is 0. The third kappa shape index (κ3) is 6.52. The average Bonchev–Trinajstić information content (AvgIpc) is 2.89. The first-order chi connectivity index (χ1) is 10.6. The Morgan fingerprint density at radius 3 is 2.70 bits per heavy atom. The number of nitrogens with zero attached hydrogens (tertiary/aromatic N) is 3. The van der Waals surface area contributed by atoms with Crippen molar-refractivity contribution in [3.05, 3.63) is 45.5 Å². The lowest BCUT2D eigenvalue weighted by atomic mass is 10.2. The van der Waals surface area contributed by atoms with Gasteiger partial charge in [-0.1, -0.05) is 34.4 Å². The number of aromatic nitrogens is 2. The number of benzene rings is 1. The molecule has 0 atom stereocenters. The van der Waals surface area contributed by atoms with Crippen LogP contribution in [0.15, 0.2) is 27.7 Å². The van der Waals surface area contributed by atoms with Crippen LogP contribution < -0.4 is 10.6 Å². The van der Waals surface area contributed by atoms with E-state index in [2.05, 4.69) is 25.8 Å². The summed E-state index contributed by atoms with van der Waals surface area (Å²) in [4.78, 5) is 8.60. The van der Waals surface area contributed by atoms with Crippen molar-refractivity contribution < 1.29 is 4.52 Å². The molecule has 9 heteroatoms. The molecular weight excluding hydrogens is 452 g/mol. The smallest absolute Gasteiger partial charge is 0.223 e. The third-order valence-electron chi connectivity index (χ3n) is 2.75. The summed E-state index contributed by atoms with van der Waals surface area (Å²) >= 11 is 12.0. The number of hydrogen-bond donors (Lipinski definition) is 2. The van der Waals surface area contributed by atoms with E-state index in [-0.39, 0.29) is 24.0 Å². The highest BCUT2D eigenvalue weighted by atomic mass is 127. The molecule has 0 aliphatic heterocycles. The van der Waals surface area contributed by atoms with E-state index in [4.69, 9.17) is 27.7 Å². The quantitative estimate of drug-likeness (QED) is 0.398. The number of hydrogen-bond acceptors (Lipinski definition) is 4. The van der Waals surface area contributed by atoms with E-state index in [0.717, 1.165) is 12.1 Å². The van der Waals surface area contributed by atoms with Crippen molar-refractivity contribution in [3.8, 4) is 0 Å². The van der Waals surface area contributed by atoms with Gasteiger partial charge in [-0.05, 0) is 24.6 Å². The molecular formula is C14H18Cl2IN5O. The van der Waals surface area contributed by atoms with Gasteiger partial charge in [0.05, 0.1) is 13.1 Å². The van der Waals surface area contributed by atoms with Crippen LogP contribution in [0.2, 0.25) is 10.0 Å². The minimum absolute atomic E-state index is 0. The summed E-state index contributed by atoms with van der Waals surface area (Å²) in [5, 5.41) is 11.3. The maximum atomic E-state index is 6.14. The van der Waals surface area contributed by atoms with Gasteiger partial charge in [0.1, 0.15) is 0 Å². The molecule has 6 nitrogen and oxygen atoms in total. The van der Waals surface area contributed by atoms with Crippen LogP contribution >= 0.6 is 47.2 Å². The van der Waals surface area contributed by atoms with Crippen LogP contribution in [0.1, 0.15) is 24.2 Å². The Kier molecular flexibility index (Phi) is 8.64. The van der Waals surface area contributed by atoms with Crippen LogP contribution in [-0.4, -0.2) is 22.6 Å². The van der Waals surface area contributed by atoms with E-state index in [9.17, 15) is 0 Å². The predicted octanol–water partition coefficient (Wildman–Crippen LogP) is 3.56. The highest BCUT2D eigenvalue weighted by Gasteiger charge is 2.05. The first-order valence-electron chi connectivity index (χ1n) is 6.83. The zero-order chi connectivity index (χ0) is 15.9. The van der Waals surface area contributed by atoms with Gasteiger partial charge in [-0.3, -0.25) is 0 Å². The summed E-state index contributed by atoms with van der Waals surface area (Å²) in [6.07, 6.45) is 0. The standard InChI is InChI=1S/C14H17Cl2N5O.HI/c1-3-17-14(19-8-13-20-9(2)22-21-13)18-7-10-4-5-11(15)6-12(10)16;/h4-6H,3,7-8H2,1-2H3,(H2,17,18,19);1H. The Morgan fingerprint density at radius 2 is 2.09 bits per heavy atom. The molecule has 0 unspecified atom stereocenters. The number of nitrogens with one attached hydrogen (secondary N) is 2. The van der Waals surface area contributed by atoms with Crippen molar-refractivity contribution in [1.82, 2.24) is 20.8 Å². The Labute approximate surface area is 162 Å². The molecule has 0 bridgehead atoms. The molecule has 126 valence electrons. The van der Waals surface area contributed by atoms with Crippen molar-refractivity contribution >= 4 is 53.1 Å². The van der Waals surface area contributed by atoms with E-state index >= 15 is 0 Å². The zero-order valence-electron chi connectivity index (χ0n) is 12.8. The molecule has 0 radical (unpaired) electrons. The Bertz CT molecular complexity index is 662. The SMILES string of the molecule is CCNC(=NCc1ccc(Cl)cc1Cl)NCc1noc(C)n1.I. The first kappa shape index (κ1) is 20.0. The second kappa shape index (κ2) is 9.94. The lowest BCUT2D eigenvalue weighted by Crippen LogP contribution is -2.37. The van der Waals surface area contributed by atoms with Crippen molar-refractivity contribution in [2.75, 3.05) is 6.54 Å². The highest BCUT2D eigenvalue weighted by Crippen LogP contribution is 2.21. The van der Waals surface area contributed by atoms with Crippen molar-refractivity contribution in [1.29, 1.82) is 0 Å². The number of aryl methyl sites for hydroxylation is 1. The number of aliphatic imine (C=N–C) groups is 1. The molecule has 0 spiro atoms. The summed E-state index contributed by atoms with van der Waals surface area (Å²) in [5.74, 6) is 1.76. The normalized spacial score (nSPS) is 11.0. The monoisotopic (exact) mass is 469 g/mol. The summed E-state index contributed by atoms with van der Waals surface area (Å²) < 4.78 is 4.92. The Morgan fingerprint density at radius 1 is 1.30 bits per heavy atom. The van der Waals surface area contributed by atoms with E-state index in [1.807, 2.05) is 13.0 Å². The van der Waals surface area contributed by atoms with Gasteiger partial charge in [0.25, 0.3) is 0 Å². The molecule has 1 aromatic carbocycles. The van der Waals surface area contributed by atoms with Gasteiger partial charge >= 0.3 is 0 Å². The minimum Gasteiger partial charge on any atom is -0.357 e. The van der Waals surface area contributed by atoms with E-state index < -0.39 is 0 Å². The highest BCUT2D eigenvalue weighted by molar-refractivity contribution is 14.0. The van der Waals surface area contributed by atoms with Gasteiger partial charge in [0, 0.05) is 23.5 Å². The maximum Gasteiger partial charge on any atom is 0.223 e. The minimum atomic E-state index is 0. The van der Waals surface area contributed by atoms with Crippen molar-refractivity contribution in [2.24, 2.45) is 4.99 Å². The largest absolute Gasteiger partial charge is 0.357 e. The van der Waals surface area contributed by atoms with E-state index in [1.165, 1.54) is 0 Å². The second-order valence-corrected chi connectivity index (χ2v) is 5.36. The summed E-state index contributed by atoms with van der Waals surface area (Å²) in [5.41, 5.74) is 0.902. The fourth-order valence-electron chi connectivity index (χ4n) is 1.73. The fourth-order valence-corrected chi connectivity index (χ4v) is 2.20. The van der Waals surface area contributed by atoms with Crippen LogP contribution in [0.3, 0.4) is 0 Å². The summed E-state index contributed by atoms with van der Waals surface area (Å²) in [6, 6.07) is 5.36. The molecule has 2 N–H and O–H groups in total. The molecule has 1 heterocycles. The molecule has 23 heavy (non-hydrogen) atoms. The second-order valence-electron chi connectivity index (χ2n) is 4.51. The van der Waals surface area contributed by atoms with Gasteiger partial charge in [0.2, 0.25) is 5.89 Å². The first-order valence-corrected chi connectivity index (χ1v) is 7.59. The topological polar surface area (TPSA) is 75.3 Å². The molecule has 2 rings (SSSR count). The number of guanidine groups is 1. The van der Waals surface area contributed by atoms with Crippen molar-refractivity contribution in [3.63, 3.8) is 0 Å². The van der Waals surface area contributed by atoms with Crippen LogP contribution in [0.5, 0.6) is 0 Å². The van der Waals surface area contributed by atoms with Crippen LogP contribution in [-0.2, 0) is 13.1 Å². The van der Waals surface area contributed by atoms with Crippen LogP contribution in [0, 0.1) is 6.92 Å². The third-order valence-corrected chi connectivity index (χ3v) is 3.34. The molecule has 0 aliphatic carbocycles.